The van der Waals surface area contributed by atoms with Gasteiger partial charge in [-0.1, -0.05) is 52.4 Å². The summed E-state index contributed by atoms with van der Waals surface area (Å²) in [5.41, 5.74) is 0. The van der Waals surface area contributed by atoms with E-state index in [0.717, 1.165) is 32.1 Å². The van der Waals surface area contributed by atoms with Crippen molar-refractivity contribution in [2.75, 3.05) is 79.3 Å². The van der Waals surface area contributed by atoms with Gasteiger partial charge in [0.15, 0.2) is 0 Å². The molecule has 0 unspecified atom stereocenters. The highest BCUT2D eigenvalue weighted by molar-refractivity contribution is 5.69. The summed E-state index contributed by atoms with van der Waals surface area (Å²) in [7, 11) is 0. The lowest BCUT2D eigenvalue weighted by Gasteiger charge is -2.08. The second-order valence-electron chi connectivity index (χ2n) is 8.12. The molecule has 0 N–H and O–H groups in total. The Kier molecular flexibility index (Phi) is 27.9. The number of rotatable bonds is 28. The molecule has 0 saturated carbocycles. The van der Waals surface area contributed by atoms with Gasteiger partial charge in [0.05, 0.1) is 66.1 Å². The normalized spacial score (nSPS) is 11.0. The molecule has 0 aromatic rings. The number of ether oxygens (including phenoxy) is 7. The summed E-state index contributed by atoms with van der Waals surface area (Å²) in [6.07, 6.45) is 9.59. The molecule has 0 aliphatic carbocycles. The lowest BCUT2D eigenvalue weighted by Crippen LogP contribution is -2.15. The van der Waals surface area contributed by atoms with Gasteiger partial charge >= 0.3 is 11.9 Å². The van der Waals surface area contributed by atoms with E-state index in [2.05, 4.69) is 13.8 Å². The summed E-state index contributed by atoms with van der Waals surface area (Å²) in [6.45, 7) is 9.38. The van der Waals surface area contributed by atoms with Gasteiger partial charge in [-0.25, -0.2) is 0 Å². The van der Waals surface area contributed by atoms with Gasteiger partial charge in [-0.3, -0.25) is 9.59 Å². The molecule has 0 amide bonds. The monoisotopic (exact) mass is 506 g/mol. The van der Waals surface area contributed by atoms with Crippen LogP contribution in [0.1, 0.15) is 78.1 Å². The van der Waals surface area contributed by atoms with Crippen LogP contribution in [0.2, 0.25) is 0 Å². The molecule has 9 nitrogen and oxygen atoms in total. The molecule has 0 spiro atoms. The van der Waals surface area contributed by atoms with Crippen LogP contribution in [-0.2, 0) is 42.7 Å². The van der Waals surface area contributed by atoms with Gasteiger partial charge in [-0.2, -0.15) is 0 Å². The lowest BCUT2D eigenvalue weighted by molar-refractivity contribution is -0.146. The Morgan fingerprint density at radius 1 is 0.400 bits per heavy atom. The van der Waals surface area contributed by atoms with E-state index in [1.54, 1.807) is 0 Å². The summed E-state index contributed by atoms with van der Waals surface area (Å²) >= 11 is 0. The van der Waals surface area contributed by atoms with Crippen LogP contribution >= 0.6 is 0 Å². The van der Waals surface area contributed by atoms with Crippen LogP contribution < -0.4 is 0 Å². The van der Waals surface area contributed by atoms with Crippen molar-refractivity contribution in [1.82, 2.24) is 0 Å². The topological polar surface area (TPSA) is 98.8 Å². The number of hydrogen-bond donors (Lipinski definition) is 0. The Morgan fingerprint density at radius 3 is 1.06 bits per heavy atom. The highest BCUT2D eigenvalue weighted by atomic mass is 16.6. The van der Waals surface area contributed by atoms with E-state index in [1.165, 1.54) is 19.3 Å². The maximum Gasteiger partial charge on any atom is 0.305 e. The minimum atomic E-state index is -0.159. The van der Waals surface area contributed by atoms with Crippen LogP contribution in [-0.4, -0.2) is 91.2 Å². The fourth-order valence-electron chi connectivity index (χ4n) is 2.95. The molecule has 208 valence electrons. The van der Waals surface area contributed by atoms with Crippen molar-refractivity contribution >= 4 is 11.9 Å². The average Bonchev–Trinajstić information content (AvgIpc) is 2.85. The molecule has 35 heavy (non-hydrogen) atoms. The summed E-state index contributed by atoms with van der Waals surface area (Å²) in [5.74, 6) is -0.306. The van der Waals surface area contributed by atoms with Gasteiger partial charge in [0.1, 0.15) is 13.2 Å². The van der Waals surface area contributed by atoms with Gasteiger partial charge in [0.2, 0.25) is 0 Å². The first-order valence-corrected chi connectivity index (χ1v) is 13.4. The third kappa shape index (κ3) is 28.9. The van der Waals surface area contributed by atoms with E-state index in [1.807, 2.05) is 0 Å². The number of esters is 2. The zero-order chi connectivity index (χ0) is 25.7. The average molecular weight is 507 g/mol. The van der Waals surface area contributed by atoms with Crippen molar-refractivity contribution in [3.05, 3.63) is 0 Å². The van der Waals surface area contributed by atoms with E-state index < -0.39 is 0 Å². The number of hydrogen-bond acceptors (Lipinski definition) is 9. The Hall–Kier alpha value is -1.26. The van der Waals surface area contributed by atoms with Crippen LogP contribution in [0.5, 0.6) is 0 Å². The van der Waals surface area contributed by atoms with E-state index in [9.17, 15) is 9.59 Å². The Labute approximate surface area is 212 Å². The fraction of sp³-hybridized carbons (Fsp3) is 0.923. The predicted octanol–water partition coefficient (Wildman–Crippen LogP) is 4.10. The van der Waals surface area contributed by atoms with Crippen molar-refractivity contribution in [2.45, 2.75) is 78.1 Å². The SMILES string of the molecule is CCCCCCCC(=O)OCCOCCOCCOCCOCCOCCOC(=O)CCCCC. The van der Waals surface area contributed by atoms with Gasteiger partial charge in [-0.15, -0.1) is 0 Å². The number of unbranched alkanes of at least 4 members (excludes halogenated alkanes) is 6. The zero-order valence-corrected chi connectivity index (χ0v) is 22.2. The highest BCUT2D eigenvalue weighted by Crippen LogP contribution is 2.05. The smallest absolute Gasteiger partial charge is 0.305 e. The highest BCUT2D eigenvalue weighted by Gasteiger charge is 2.03. The summed E-state index contributed by atoms with van der Waals surface area (Å²) in [6, 6.07) is 0. The summed E-state index contributed by atoms with van der Waals surface area (Å²) in [5, 5.41) is 0. The molecule has 0 aromatic carbocycles. The first-order chi connectivity index (χ1) is 17.2. The van der Waals surface area contributed by atoms with E-state index in [0.29, 0.717) is 78.9 Å². The Bertz CT molecular complexity index is 460. The molecule has 0 radical (unpaired) electrons. The molecule has 0 aliphatic rings. The standard InChI is InChI=1S/C26H50O9/c1-3-5-7-8-10-12-26(28)35-24-22-33-20-18-31-16-14-29-13-15-30-17-19-32-21-23-34-25(27)11-9-6-4-2/h3-24H2,1-2H3. The minimum absolute atomic E-state index is 0.147. The molecule has 0 atom stereocenters. The summed E-state index contributed by atoms with van der Waals surface area (Å²) in [4.78, 5) is 23.0. The molecule has 0 aliphatic heterocycles. The van der Waals surface area contributed by atoms with Crippen molar-refractivity contribution in [1.29, 1.82) is 0 Å². The van der Waals surface area contributed by atoms with Crippen LogP contribution in [0, 0.1) is 0 Å². The maximum absolute atomic E-state index is 11.6. The van der Waals surface area contributed by atoms with Gasteiger partial charge < -0.3 is 33.2 Å². The largest absolute Gasteiger partial charge is 0.463 e. The molecule has 0 saturated heterocycles. The molecular formula is C26H50O9. The predicted molar refractivity (Wildman–Crippen MR) is 134 cm³/mol. The van der Waals surface area contributed by atoms with Crippen LogP contribution in [0.3, 0.4) is 0 Å². The second-order valence-corrected chi connectivity index (χ2v) is 8.12. The maximum atomic E-state index is 11.6. The van der Waals surface area contributed by atoms with Crippen LogP contribution in [0.25, 0.3) is 0 Å². The molecule has 9 heteroatoms. The first-order valence-electron chi connectivity index (χ1n) is 13.4. The van der Waals surface area contributed by atoms with Crippen LogP contribution in [0.4, 0.5) is 0 Å². The zero-order valence-electron chi connectivity index (χ0n) is 22.2. The van der Waals surface area contributed by atoms with E-state index >= 15 is 0 Å². The molecular weight excluding hydrogens is 456 g/mol. The third-order valence-corrected chi connectivity index (χ3v) is 4.94. The molecule has 0 aromatic heterocycles. The Morgan fingerprint density at radius 2 is 0.686 bits per heavy atom. The first kappa shape index (κ1) is 33.7. The lowest BCUT2D eigenvalue weighted by atomic mass is 10.1. The van der Waals surface area contributed by atoms with Crippen molar-refractivity contribution < 1.29 is 42.7 Å². The van der Waals surface area contributed by atoms with Crippen molar-refractivity contribution in [3.63, 3.8) is 0 Å². The summed E-state index contributed by atoms with van der Waals surface area (Å²) < 4.78 is 37.2. The van der Waals surface area contributed by atoms with Crippen molar-refractivity contribution in [3.8, 4) is 0 Å². The van der Waals surface area contributed by atoms with Gasteiger partial charge in [-0.05, 0) is 12.8 Å². The van der Waals surface area contributed by atoms with Gasteiger partial charge in [0, 0.05) is 12.8 Å². The minimum Gasteiger partial charge on any atom is -0.463 e. The molecule has 0 rings (SSSR count). The quantitative estimate of drug-likeness (QED) is 0.115. The van der Waals surface area contributed by atoms with E-state index in [-0.39, 0.29) is 25.2 Å². The number of carbonyl (C=O) groups is 2. The van der Waals surface area contributed by atoms with Crippen LogP contribution in [0.15, 0.2) is 0 Å². The van der Waals surface area contributed by atoms with Crippen molar-refractivity contribution in [2.24, 2.45) is 0 Å². The number of carbonyl (C=O) groups excluding carboxylic acids is 2. The second kappa shape index (κ2) is 29.0. The fourth-order valence-corrected chi connectivity index (χ4v) is 2.95. The molecule has 0 fully saturated rings. The Balaban J connectivity index is 3.14. The third-order valence-electron chi connectivity index (χ3n) is 4.94. The van der Waals surface area contributed by atoms with Gasteiger partial charge in [0.25, 0.3) is 0 Å². The molecule has 0 bridgehead atoms. The van der Waals surface area contributed by atoms with E-state index in [4.69, 9.17) is 33.2 Å². The molecule has 0 heterocycles.